The highest BCUT2D eigenvalue weighted by molar-refractivity contribution is 5.83. The number of aromatic nitrogens is 3. The maximum atomic E-state index is 13.3. The van der Waals surface area contributed by atoms with E-state index in [1.54, 1.807) is 13.0 Å². The van der Waals surface area contributed by atoms with E-state index in [9.17, 15) is 4.39 Å². The molecule has 0 aliphatic carbocycles. The molecule has 6 heteroatoms. The molecule has 0 unspecified atom stereocenters. The summed E-state index contributed by atoms with van der Waals surface area (Å²) in [6.45, 7) is 4.08. The van der Waals surface area contributed by atoms with Gasteiger partial charge in [0.05, 0.1) is 12.1 Å². The first-order valence-corrected chi connectivity index (χ1v) is 6.21. The van der Waals surface area contributed by atoms with Gasteiger partial charge >= 0.3 is 0 Å². The Hall–Kier alpha value is -2.50. The molecule has 0 saturated heterocycles. The van der Waals surface area contributed by atoms with Gasteiger partial charge in [-0.25, -0.2) is 9.37 Å². The molecule has 0 bridgehead atoms. The molecule has 0 atom stereocenters. The highest BCUT2D eigenvalue weighted by atomic mass is 19.1. The Balaban J connectivity index is 1.88. The van der Waals surface area contributed by atoms with E-state index in [-0.39, 0.29) is 5.82 Å². The molecular formula is C14H13FN4O. The highest BCUT2D eigenvalue weighted by Gasteiger charge is 2.06. The van der Waals surface area contributed by atoms with Gasteiger partial charge in [0.25, 0.3) is 0 Å². The van der Waals surface area contributed by atoms with Crippen LogP contribution < -0.4 is 5.32 Å². The van der Waals surface area contributed by atoms with Gasteiger partial charge in [0.2, 0.25) is 11.8 Å². The molecular weight excluding hydrogens is 259 g/mol. The first-order chi connectivity index (χ1) is 9.61. The number of benzene rings is 1. The Morgan fingerprint density at radius 3 is 2.80 bits per heavy atom. The normalized spacial score (nSPS) is 10.9. The average molecular weight is 272 g/mol. The molecule has 0 spiro atoms. The van der Waals surface area contributed by atoms with Gasteiger partial charge in [0.15, 0.2) is 0 Å². The van der Waals surface area contributed by atoms with E-state index >= 15 is 0 Å². The molecule has 102 valence electrons. The van der Waals surface area contributed by atoms with Gasteiger partial charge in [-0.2, -0.15) is 0 Å². The molecule has 5 nitrogen and oxygen atoms in total. The molecule has 0 aliphatic heterocycles. The van der Waals surface area contributed by atoms with Crippen molar-refractivity contribution in [2.75, 3.05) is 5.32 Å². The van der Waals surface area contributed by atoms with E-state index < -0.39 is 0 Å². The van der Waals surface area contributed by atoms with E-state index in [1.807, 2.05) is 13.0 Å². The van der Waals surface area contributed by atoms with E-state index in [4.69, 9.17) is 4.42 Å². The van der Waals surface area contributed by atoms with Crippen LogP contribution in [-0.2, 0) is 6.54 Å². The summed E-state index contributed by atoms with van der Waals surface area (Å²) in [6.07, 6.45) is 0. The Bertz CT molecular complexity index is 769. The van der Waals surface area contributed by atoms with Gasteiger partial charge in [-0.1, -0.05) is 0 Å². The van der Waals surface area contributed by atoms with Gasteiger partial charge in [-0.05, 0) is 30.7 Å². The number of hydrogen-bond acceptors (Lipinski definition) is 5. The third-order valence-electron chi connectivity index (χ3n) is 2.97. The SMILES string of the molecule is Cc1nnc(CNc2cc(C)c3ccc(F)cc3n2)o1. The summed E-state index contributed by atoms with van der Waals surface area (Å²) < 4.78 is 18.5. The number of hydrogen-bond donors (Lipinski definition) is 1. The van der Waals surface area contributed by atoms with Crippen LogP contribution in [0.15, 0.2) is 28.7 Å². The largest absolute Gasteiger partial charge is 0.424 e. The average Bonchev–Trinajstić information content (AvgIpc) is 2.82. The van der Waals surface area contributed by atoms with Crippen LogP contribution in [0.5, 0.6) is 0 Å². The quantitative estimate of drug-likeness (QED) is 0.794. The molecule has 1 aromatic carbocycles. The van der Waals surface area contributed by atoms with Crippen LogP contribution in [-0.4, -0.2) is 15.2 Å². The third-order valence-corrected chi connectivity index (χ3v) is 2.97. The first-order valence-electron chi connectivity index (χ1n) is 6.21. The van der Waals surface area contributed by atoms with Crippen molar-refractivity contribution in [2.24, 2.45) is 0 Å². The van der Waals surface area contributed by atoms with Gasteiger partial charge in [0, 0.05) is 18.4 Å². The Morgan fingerprint density at radius 1 is 1.20 bits per heavy atom. The standard InChI is InChI=1S/C14H13FN4O/c1-8-5-13(16-7-14-19-18-9(2)20-14)17-12-6-10(15)3-4-11(8)12/h3-6H,7H2,1-2H3,(H,16,17). The number of anilines is 1. The van der Waals surface area contributed by atoms with Crippen molar-refractivity contribution in [3.63, 3.8) is 0 Å². The van der Waals surface area contributed by atoms with Gasteiger partial charge < -0.3 is 9.73 Å². The predicted octanol–water partition coefficient (Wildman–Crippen LogP) is 2.99. The Kier molecular flexibility index (Phi) is 3.06. The van der Waals surface area contributed by atoms with Crippen molar-refractivity contribution >= 4 is 16.7 Å². The Labute approximate surface area is 114 Å². The molecule has 0 fully saturated rings. The molecule has 3 rings (SSSR count). The zero-order valence-electron chi connectivity index (χ0n) is 11.1. The van der Waals surface area contributed by atoms with Gasteiger partial charge in [0.1, 0.15) is 11.6 Å². The molecule has 0 saturated carbocycles. The number of pyridine rings is 1. The lowest BCUT2D eigenvalue weighted by atomic mass is 10.1. The van der Waals surface area contributed by atoms with Crippen molar-refractivity contribution in [2.45, 2.75) is 20.4 Å². The van der Waals surface area contributed by atoms with Crippen LogP contribution >= 0.6 is 0 Å². The van der Waals surface area contributed by atoms with Gasteiger partial charge in [-0.15, -0.1) is 10.2 Å². The van der Waals surface area contributed by atoms with Crippen LogP contribution in [0.3, 0.4) is 0 Å². The molecule has 0 aliphatic rings. The minimum Gasteiger partial charge on any atom is -0.424 e. The minimum absolute atomic E-state index is 0.297. The third kappa shape index (κ3) is 2.45. The summed E-state index contributed by atoms with van der Waals surface area (Å²) in [4.78, 5) is 4.38. The van der Waals surface area contributed by atoms with E-state index in [1.165, 1.54) is 12.1 Å². The molecule has 3 aromatic rings. The fourth-order valence-electron chi connectivity index (χ4n) is 2.04. The maximum Gasteiger partial charge on any atom is 0.235 e. The van der Waals surface area contributed by atoms with E-state index in [2.05, 4.69) is 20.5 Å². The molecule has 20 heavy (non-hydrogen) atoms. The number of rotatable bonds is 3. The monoisotopic (exact) mass is 272 g/mol. The topological polar surface area (TPSA) is 63.8 Å². The predicted molar refractivity (Wildman–Crippen MR) is 72.8 cm³/mol. The smallest absolute Gasteiger partial charge is 0.235 e. The summed E-state index contributed by atoms with van der Waals surface area (Å²) >= 11 is 0. The van der Waals surface area contributed by atoms with Crippen molar-refractivity contribution in [3.8, 4) is 0 Å². The number of halogens is 1. The van der Waals surface area contributed by atoms with Crippen molar-refractivity contribution < 1.29 is 8.81 Å². The first kappa shape index (κ1) is 12.5. The van der Waals surface area contributed by atoms with Crippen LogP contribution in [0.4, 0.5) is 10.2 Å². The van der Waals surface area contributed by atoms with Crippen molar-refractivity contribution in [1.29, 1.82) is 0 Å². The lowest BCUT2D eigenvalue weighted by Gasteiger charge is -2.07. The second-order valence-corrected chi connectivity index (χ2v) is 4.55. The Morgan fingerprint density at radius 2 is 2.05 bits per heavy atom. The van der Waals surface area contributed by atoms with Crippen LogP contribution in [0.2, 0.25) is 0 Å². The molecule has 1 N–H and O–H groups in total. The molecule has 0 amide bonds. The summed E-state index contributed by atoms with van der Waals surface area (Å²) in [5.74, 6) is 1.36. The second-order valence-electron chi connectivity index (χ2n) is 4.55. The summed E-state index contributed by atoms with van der Waals surface area (Å²) in [6, 6.07) is 6.50. The summed E-state index contributed by atoms with van der Waals surface area (Å²) in [5.41, 5.74) is 1.65. The second kappa shape index (κ2) is 4.88. The highest BCUT2D eigenvalue weighted by Crippen LogP contribution is 2.21. The number of nitrogens with one attached hydrogen (secondary N) is 1. The molecule has 2 heterocycles. The molecule has 0 radical (unpaired) electrons. The van der Waals surface area contributed by atoms with Crippen molar-refractivity contribution in [3.05, 3.63) is 47.4 Å². The zero-order valence-corrected chi connectivity index (χ0v) is 11.1. The lowest BCUT2D eigenvalue weighted by molar-refractivity contribution is 0.474. The fraction of sp³-hybridized carbons (Fsp3) is 0.214. The minimum atomic E-state index is -0.297. The van der Waals surface area contributed by atoms with E-state index in [0.29, 0.717) is 29.7 Å². The lowest BCUT2D eigenvalue weighted by Crippen LogP contribution is -2.02. The van der Waals surface area contributed by atoms with Gasteiger partial charge in [-0.3, -0.25) is 0 Å². The zero-order chi connectivity index (χ0) is 14.1. The number of nitrogens with zero attached hydrogens (tertiary/aromatic N) is 3. The maximum absolute atomic E-state index is 13.3. The fourth-order valence-corrected chi connectivity index (χ4v) is 2.04. The van der Waals surface area contributed by atoms with Crippen molar-refractivity contribution in [1.82, 2.24) is 15.2 Å². The summed E-state index contributed by atoms with van der Waals surface area (Å²) in [7, 11) is 0. The summed E-state index contributed by atoms with van der Waals surface area (Å²) in [5, 5.41) is 11.7. The van der Waals surface area contributed by atoms with Crippen LogP contribution in [0.25, 0.3) is 10.9 Å². The number of aryl methyl sites for hydroxylation is 2. The van der Waals surface area contributed by atoms with Crippen LogP contribution in [0.1, 0.15) is 17.3 Å². The van der Waals surface area contributed by atoms with E-state index in [0.717, 1.165) is 10.9 Å². The molecule has 2 aromatic heterocycles. The number of fused-ring (bicyclic) bond motifs is 1. The van der Waals surface area contributed by atoms with Crippen LogP contribution in [0, 0.1) is 19.7 Å².